The molecule has 1 aliphatic heterocycles. The zero-order valence-electron chi connectivity index (χ0n) is 9.00. The molecule has 0 amide bonds. The molecule has 1 saturated heterocycles. The Morgan fingerprint density at radius 1 is 1.19 bits per heavy atom. The number of fused-ring (bicyclic) bond motifs is 1. The van der Waals surface area contributed by atoms with E-state index in [1.54, 1.807) is 0 Å². The van der Waals surface area contributed by atoms with Gasteiger partial charge in [-0.05, 0) is 24.6 Å². The van der Waals surface area contributed by atoms with Gasteiger partial charge in [0.15, 0.2) is 0 Å². The fourth-order valence-corrected chi connectivity index (χ4v) is 2.18. The summed E-state index contributed by atoms with van der Waals surface area (Å²) in [5, 5.41) is 10.7. The van der Waals surface area contributed by atoms with Crippen LogP contribution in [0.15, 0.2) is 36.4 Å². The largest absolute Gasteiger partial charge is 0.391 e. The molecule has 2 aromatic rings. The van der Waals surface area contributed by atoms with Gasteiger partial charge in [0.25, 0.3) is 0 Å². The van der Waals surface area contributed by atoms with Crippen LogP contribution in [0.2, 0.25) is 0 Å². The van der Waals surface area contributed by atoms with Crippen LogP contribution in [0.1, 0.15) is 6.42 Å². The highest BCUT2D eigenvalue weighted by Crippen LogP contribution is 2.21. The van der Waals surface area contributed by atoms with Crippen LogP contribution in [0.4, 0.5) is 5.82 Å². The average Bonchev–Trinajstić information content (AvgIpc) is 2.75. The molecule has 16 heavy (non-hydrogen) atoms. The molecule has 3 heteroatoms. The van der Waals surface area contributed by atoms with Gasteiger partial charge in [-0.2, -0.15) is 0 Å². The Morgan fingerprint density at radius 2 is 2.06 bits per heavy atom. The Bertz CT molecular complexity index is 512. The molecule has 1 atom stereocenters. The monoisotopic (exact) mass is 214 g/mol. The third-order valence-electron chi connectivity index (χ3n) is 3.07. The lowest BCUT2D eigenvalue weighted by atomic mass is 10.2. The molecule has 0 radical (unpaired) electrons. The molecule has 1 aliphatic rings. The molecule has 1 aromatic heterocycles. The van der Waals surface area contributed by atoms with Crippen molar-refractivity contribution in [3.05, 3.63) is 36.4 Å². The number of anilines is 1. The smallest absolute Gasteiger partial charge is 0.129 e. The fourth-order valence-electron chi connectivity index (χ4n) is 2.18. The van der Waals surface area contributed by atoms with Crippen LogP contribution < -0.4 is 4.90 Å². The van der Waals surface area contributed by atoms with E-state index in [4.69, 9.17) is 0 Å². The molecule has 1 aromatic carbocycles. The average molecular weight is 214 g/mol. The Kier molecular flexibility index (Phi) is 2.26. The quantitative estimate of drug-likeness (QED) is 0.786. The third-order valence-corrected chi connectivity index (χ3v) is 3.07. The van der Waals surface area contributed by atoms with Gasteiger partial charge in [-0.1, -0.05) is 18.2 Å². The van der Waals surface area contributed by atoms with Crippen molar-refractivity contribution in [2.24, 2.45) is 0 Å². The summed E-state index contributed by atoms with van der Waals surface area (Å²) in [4.78, 5) is 6.74. The minimum absolute atomic E-state index is 0.201. The van der Waals surface area contributed by atoms with Gasteiger partial charge in [-0.3, -0.25) is 0 Å². The van der Waals surface area contributed by atoms with Crippen LogP contribution in [0.5, 0.6) is 0 Å². The Morgan fingerprint density at radius 3 is 2.88 bits per heavy atom. The normalized spacial score (nSPS) is 20.6. The van der Waals surface area contributed by atoms with Crippen LogP contribution in [0, 0.1) is 0 Å². The first-order valence-corrected chi connectivity index (χ1v) is 5.62. The van der Waals surface area contributed by atoms with E-state index in [-0.39, 0.29) is 6.10 Å². The predicted molar refractivity (Wildman–Crippen MR) is 64.6 cm³/mol. The summed E-state index contributed by atoms with van der Waals surface area (Å²) in [5.74, 6) is 0.968. The number of aliphatic hydroxyl groups excluding tert-OH is 1. The lowest BCUT2D eigenvalue weighted by Gasteiger charge is -2.16. The molecule has 0 unspecified atom stereocenters. The maximum absolute atomic E-state index is 9.50. The van der Waals surface area contributed by atoms with E-state index in [0.717, 1.165) is 29.7 Å². The maximum Gasteiger partial charge on any atom is 0.129 e. The van der Waals surface area contributed by atoms with Gasteiger partial charge in [0.05, 0.1) is 11.6 Å². The summed E-state index contributed by atoms with van der Waals surface area (Å²) in [7, 11) is 0. The summed E-state index contributed by atoms with van der Waals surface area (Å²) >= 11 is 0. The summed E-state index contributed by atoms with van der Waals surface area (Å²) in [6.45, 7) is 1.60. The summed E-state index contributed by atoms with van der Waals surface area (Å²) in [6.07, 6.45) is 0.641. The van der Waals surface area contributed by atoms with Gasteiger partial charge in [-0.15, -0.1) is 0 Å². The van der Waals surface area contributed by atoms with Gasteiger partial charge in [-0.25, -0.2) is 4.98 Å². The molecule has 0 aliphatic carbocycles. The van der Waals surface area contributed by atoms with Gasteiger partial charge in [0.2, 0.25) is 0 Å². The number of aliphatic hydroxyl groups is 1. The zero-order chi connectivity index (χ0) is 11.0. The fraction of sp³-hybridized carbons (Fsp3) is 0.308. The second-order valence-electron chi connectivity index (χ2n) is 4.25. The second-order valence-corrected chi connectivity index (χ2v) is 4.25. The highest BCUT2D eigenvalue weighted by molar-refractivity contribution is 5.80. The molecule has 3 rings (SSSR count). The van der Waals surface area contributed by atoms with E-state index in [0.29, 0.717) is 6.54 Å². The van der Waals surface area contributed by atoms with Crippen molar-refractivity contribution in [1.82, 2.24) is 4.98 Å². The first kappa shape index (κ1) is 9.60. The number of aromatic nitrogens is 1. The molecular formula is C13H14N2O. The van der Waals surface area contributed by atoms with Crippen molar-refractivity contribution in [2.45, 2.75) is 12.5 Å². The second kappa shape index (κ2) is 3.76. The first-order valence-electron chi connectivity index (χ1n) is 5.62. The Balaban J connectivity index is 1.99. The van der Waals surface area contributed by atoms with Crippen molar-refractivity contribution in [2.75, 3.05) is 18.0 Å². The van der Waals surface area contributed by atoms with Crippen molar-refractivity contribution in [1.29, 1.82) is 0 Å². The molecule has 0 bridgehead atoms. The number of para-hydroxylation sites is 1. The number of rotatable bonds is 1. The van der Waals surface area contributed by atoms with E-state index in [1.165, 1.54) is 0 Å². The van der Waals surface area contributed by atoms with Crippen LogP contribution in [-0.4, -0.2) is 29.3 Å². The molecular weight excluding hydrogens is 200 g/mol. The topological polar surface area (TPSA) is 36.4 Å². The molecule has 0 spiro atoms. The summed E-state index contributed by atoms with van der Waals surface area (Å²) in [5.41, 5.74) is 1.02. The minimum atomic E-state index is -0.201. The minimum Gasteiger partial charge on any atom is -0.391 e. The van der Waals surface area contributed by atoms with Crippen LogP contribution in [0.25, 0.3) is 10.9 Å². The number of β-amino-alcohol motifs (C(OH)–C–C–N with tert-alkyl or cyclic N) is 1. The highest BCUT2D eigenvalue weighted by atomic mass is 16.3. The summed E-state index contributed by atoms with van der Waals surface area (Å²) < 4.78 is 0. The van der Waals surface area contributed by atoms with Crippen LogP contribution in [0.3, 0.4) is 0 Å². The zero-order valence-corrected chi connectivity index (χ0v) is 9.00. The van der Waals surface area contributed by atoms with Crippen molar-refractivity contribution in [3.8, 4) is 0 Å². The number of benzene rings is 1. The van der Waals surface area contributed by atoms with E-state index in [9.17, 15) is 5.11 Å². The Hall–Kier alpha value is -1.61. The lowest BCUT2D eigenvalue weighted by molar-refractivity contribution is 0.198. The number of hydrogen-bond donors (Lipinski definition) is 1. The molecule has 0 saturated carbocycles. The number of hydrogen-bond acceptors (Lipinski definition) is 3. The van der Waals surface area contributed by atoms with Crippen LogP contribution >= 0.6 is 0 Å². The highest BCUT2D eigenvalue weighted by Gasteiger charge is 2.21. The molecule has 2 heterocycles. The van der Waals surface area contributed by atoms with E-state index in [2.05, 4.69) is 22.0 Å². The SMILES string of the molecule is O[C@@H]1CCN(c2ccc3ccccc3n2)C1. The number of pyridine rings is 1. The molecule has 1 fully saturated rings. The van der Waals surface area contributed by atoms with E-state index < -0.39 is 0 Å². The molecule has 1 N–H and O–H groups in total. The van der Waals surface area contributed by atoms with Gasteiger partial charge in [0, 0.05) is 18.5 Å². The molecule has 3 nitrogen and oxygen atoms in total. The van der Waals surface area contributed by atoms with Gasteiger partial charge in [0.1, 0.15) is 5.82 Å². The third kappa shape index (κ3) is 1.63. The predicted octanol–water partition coefficient (Wildman–Crippen LogP) is 1.81. The number of nitrogens with zero attached hydrogens (tertiary/aromatic N) is 2. The van der Waals surface area contributed by atoms with Crippen molar-refractivity contribution < 1.29 is 5.11 Å². The van der Waals surface area contributed by atoms with Gasteiger partial charge >= 0.3 is 0 Å². The van der Waals surface area contributed by atoms with E-state index >= 15 is 0 Å². The molecule has 82 valence electrons. The van der Waals surface area contributed by atoms with E-state index in [1.807, 2.05) is 24.3 Å². The first-order chi connectivity index (χ1) is 7.83. The lowest BCUT2D eigenvalue weighted by Crippen LogP contribution is -2.22. The van der Waals surface area contributed by atoms with Gasteiger partial charge < -0.3 is 10.0 Å². The van der Waals surface area contributed by atoms with Crippen molar-refractivity contribution >= 4 is 16.7 Å². The van der Waals surface area contributed by atoms with Crippen molar-refractivity contribution in [3.63, 3.8) is 0 Å². The van der Waals surface area contributed by atoms with Crippen LogP contribution in [-0.2, 0) is 0 Å². The summed E-state index contributed by atoms with van der Waals surface area (Å²) in [6, 6.07) is 12.2. The standard InChI is InChI=1S/C13H14N2O/c16-11-7-8-15(9-11)13-6-5-10-3-1-2-4-12(10)14-13/h1-6,11,16H,7-9H2/t11-/m1/s1. The maximum atomic E-state index is 9.50. The Labute approximate surface area is 94.3 Å².